The van der Waals surface area contributed by atoms with Gasteiger partial charge in [0.2, 0.25) is 0 Å². The molecule has 7 nitrogen and oxygen atoms in total. The van der Waals surface area contributed by atoms with Crippen LogP contribution in [0.25, 0.3) is 0 Å². The van der Waals surface area contributed by atoms with Crippen LogP contribution in [0.15, 0.2) is 12.1 Å². The number of ketones is 3. The number of fused-ring (bicyclic) bond motifs is 2. The zero-order valence-corrected chi connectivity index (χ0v) is 16.8. The summed E-state index contributed by atoms with van der Waals surface area (Å²) < 4.78 is 55.0. The first-order valence-corrected chi connectivity index (χ1v) is 9.40. The lowest BCUT2D eigenvalue weighted by Crippen LogP contribution is -2.57. The molecule has 164 valence electrons. The molecule has 2 saturated heterocycles. The van der Waals surface area contributed by atoms with Crippen molar-refractivity contribution in [2.45, 2.75) is 50.7 Å². The monoisotopic (exact) mass is 429 g/mol. The molecule has 30 heavy (non-hydrogen) atoms. The molecule has 0 aliphatic carbocycles. The van der Waals surface area contributed by atoms with Crippen LogP contribution >= 0.6 is 0 Å². The number of hydrogen-bond acceptors (Lipinski definition) is 7. The zero-order chi connectivity index (χ0) is 22.3. The molecular weight excluding hydrogens is 407 g/mol. The number of halogens is 3. The molecule has 0 aromatic carbocycles. The predicted molar refractivity (Wildman–Crippen MR) is 95.7 cm³/mol. The fourth-order valence-corrected chi connectivity index (χ4v) is 3.85. The molecule has 2 fully saturated rings. The molecule has 1 aromatic heterocycles. The van der Waals surface area contributed by atoms with Gasteiger partial charge in [-0.3, -0.25) is 14.4 Å². The molecule has 0 amide bonds. The summed E-state index contributed by atoms with van der Waals surface area (Å²) in [6.45, 7) is 2.89. The average Bonchev–Trinajstić information content (AvgIpc) is 2.98. The first-order chi connectivity index (χ1) is 13.9. The van der Waals surface area contributed by atoms with Crippen LogP contribution in [0.4, 0.5) is 13.2 Å². The Labute approximate surface area is 170 Å². The molecule has 3 heterocycles. The number of ether oxygens (including phenoxy) is 3. The third-order valence-electron chi connectivity index (χ3n) is 5.56. The SMILES string of the molecule is COCCOCc1nc(C(F)(F)F)ccc1C(=O)C1C(=O)C2(C)CCC(C)(O2)C1=O. The molecule has 2 atom stereocenters. The van der Waals surface area contributed by atoms with E-state index in [0.29, 0.717) is 6.07 Å². The lowest BCUT2D eigenvalue weighted by Gasteiger charge is -2.37. The normalized spacial score (nSPS) is 28.8. The standard InChI is InChI=1S/C20H22F3NO6/c1-18-6-7-19(2,30-18)17(27)14(16(18)26)15(25)11-4-5-13(20(21,22)23)24-12(11)10-29-9-8-28-3/h4-5,14H,6-10H2,1-3H3. The Bertz CT molecular complexity index is 858. The summed E-state index contributed by atoms with van der Waals surface area (Å²) in [5, 5.41) is 0. The molecule has 2 aliphatic heterocycles. The van der Waals surface area contributed by atoms with Gasteiger partial charge in [-0.1, -0.05) is 0 Å². The summed E-state index contributed by atoms with van der Waals surface area (Å²) in [5.74, 6) is -3.90. The first-order valence-electron chi connectivity index (χ1n) is 9.40. The number of nitrogens with zero attached hydrogens (tertiary/aromatic N) is 1. The van der Waals surface area contributed by atoms with Crippen molar-refractivity contribution in [2.75, 3.05) is 20.3 Å². The van der Waals surface area contributed by atoms with E-state index in [2.05, 4.69) is 4.98 Å². The van der Waals surface area contributed by atoms with Gasteiger partial charge in [0.1, 0.15) is 22.8 Å². The van der Waals surface area contributed by atoms with Gasteiger partial charge in [-0.15, -0.1) is 0 Å². The quantitative estimate of drug-likeness (QED) is 0.374. The van der Waals surface area contributed by atoms with Crippen LogP contribution in [-0.4, -0.2) is 53.9 Å². The van der Waals surface area contributed by atoms with Gasteiger partial charge in [0.05, 0.1) is 25.5 Å². The summed E-state index contributed by atoms with van der Waals surface area (Å²) in [6, 6.07) is 1.59. The van der Waals surface area contributed by atoms with Crippen LogP contribution in [0.2, 0.25) is 0 Å². The number of carbonyl (C=O) groups is 3. The van der Waals surface area contributed by atoms with Crippen molar-refractivity contribution >= 4 is 17.3 Å². The minimum absolute atomic E-state index is 0.0628. The van der Waals surface area contributed by atoms with Crippen molar-refractivity contribution in [3.63, 3.8) is 0 Å². The van der Waals surface area contributed by atoms with Gasteiger partial charge in [-0.2, -0.15) is 13.2 Å². The topological polar surface area (TPSA) is 91.8 Å². The fourth-order valence-electron chi connectivity index (χ4n) is 3.85. The summed E-state index contributed by atoms with van der Waals surface area (Å²) in [7, 11) is 1.43. The highest BCUT2D eigenvalue weighted by Gasteiger charge is 2.63. The Morgan fingerprint density at radius 3 is 2.30 bits per heavy atom. The Kier molecular flexibility index (Phi) is 5.87. The zero-order valence-electron chi connectivity index (χ0n) is 16.8. The second kappa shape index (κ2) is 7.82. The molecule has 2 aliphatic rings. The van der Waals surface area contributed by atoms with E-state index in [9.17, 15) is 27.6 Å². The highest BCUT2D eigenvalue weighted by molar-refractivity contribution is 6.29. The molecule has 3 rings (SSSR count). The van der Waals surface area contributed by atoms with Gasteiger partial charge < -0.3 is 14.2 Å². The van der Waals surface area contributed by atoms with Crippen LogP contribution < -0.4 is 0 Å². The fraction of sp³-hybridized carbons (Fsp3) is 0.600. The highest BCUT2D eigenvalue weighted by Crippen LogP contribution is 2.46. The first kappa shape index (κ1) is 22.5. The molecule has 0 spiro atoms. The molecule has 0 saturated carbocycles. The Morgan fingerprint density at radius 1 is 1.17 bits per heavy atom. The molecule has 2 unspecified atom stereocenters. The molecule has 0 radical (unpaired) electrons. The summed E-state index contributed by atoms with van der Waals surface area (Å²) in [5.41, 5.74) is -4.30. The van der Waals surface area contributed by atoms with Crippen molar-refractivity contribution in [2.24, 2.45) is 5.92 Å². The van der Waals surface area contributed by atoms with Crippen LogP contribution in [0.5, 0.6) is 0 Å². The van der Waals surface area contributed by atoms with E-state index in [1.807, 2.05) is 0 Å². The van der Waals surface area contributed by atoms with E-state index in [-0.39, 0.29) is 37.3 Å². The highest BCUT2D eigenvalue weighted by atomic mass is 19.4. The second-order valence-corrected chi connectivity index (χ2v) is 7.82. The third kappa shape index (κ3) is 3.91. The maximum absolute atomic E-state index is 13.2. The van der Waals surface area contributed by atoms with Crippen molar-refractivity contribution in [1.29, 1.82) is 0 Å². The Morgan fingerprint density at radius 2 is 1.77 bits per heavy atom. The number of rotatable bonds is 7. The van der Waals surface area contributed by atoms with E-state index in [1.54, 1.807) is 0 Å². The minimum atomic E-state index is -4.73. The number of hydrogen-bond donors (Lipinski definition) is 0. The van der Waals surface area contributed by atoms with Crippen LogP contribution in [0.1, 0.15) is 48.4 Å². The van der Waals surface area contributed by atoms with Gasteiger partial charge in [0, 0.05) is 12.7 Å². The van der Waals surface area contributed by atoms with Crippen LogP contribution in [0, 0.1) is 5.92 Å². The number of aromatic nitrogens is 1. The lowest BCUT2D eigenvalue weighted by molar-refractivity contribution is -0.175. The number of pyridine rings is 1. The van der Waals surface area contributed by atoms with Crippen molar-refractivity contribution < 1.29 is 41.8 Å². The minimum Gasteiger partial charge on any atom is -0.382 e. The van der Waals surface area contributed by atoms with Gasteiger partial charge in [-0.05, 0) is 38.8 Å². The average molecular weight is 429 g/mol. The van der Waals surface area contributed by atoms with Crippen LogP contribution in [0.3, 0.4) is 0 Å². The van der Waals surface area contributed by atoms with Crippen molar-refractivity contribution in [3.05, 3.63) is 29.1 Å². The van der Waals surface area contributed by atoms with Crippen molar-refractivity contribution in [1.82, 2.24) is 4.98 Å². The van der Waals surface area contributed by atoms with Crippen LogP contribution in [-0.2, 0) is 36.6 Å². The lowest BCUT2D eigenvalue weighted by atomic mass is 9.78. The van der Waals surface area contributed by atoms with E-state index in [4.69, 9.17) is 14.2 Å². The smallest absolute Gasteiger partial charge is 0.382 e. The second-order valence-electron chi connectivity index (χ2n) is 7.82. The van der Waals surface area contributed by atoms with Gasteiger partial charge in [0.15, 0.2) is 17.3 Å². The number of Topliss-reactive ketones (excluding diaryl/α,β-unsaturated/α-hetero) is 3. The molecule has 1 aromatic rings. The maximum atomic E-state index is 13.2. The van der Waals surface area contributed by atoms with Gasteiger partial charge >= 0.3 is 6.18 Å². The Hall–Kier alpha value is -2.17. The maximum Gasteiger partial charge on any atom is 0.433 e. The van der Waals surface area contributed by atoms with E-state index in [0.717, 1.165) is 6.07 Å². The third-order valence-corrected chi connectivity index (χ3v) is 5.56. The van der Waals surface area contributed by atoms with Gasteiger partial charge in [-0.25, -0.2) is 4.98 Å². The number of alkyl halides is 3. The largest absolute Gasteiger partial charge is 0.433 e. The summed E-state index contributed by atoms with van der Waals surface area (Å²) in [4.78, 5) is 42.5. The summed E-state index contributed by atoms with van der Waals surface area (Å²) in [6.07, 6.45) is -4.15. The number of methoxy groups -OCH3 is 1. The molecule has 0 N–H and O–H groups in total. The van der Waals surface area contributed by atoms with Gasteiger partial charge in [0.25, 0.3) is 0 Å². The van der Waals surface area contributed by atoms with E-state index < -0.39 is 52.9 Å². The summed E-state index contributed by atoms with van der Waals surface area (Å²) >= 11 is 0. The molecule has 2 bridgehead atoms. The van der Waals surface area contributed by atoms with Crippen molar-refractivity contribution in [3.8, 4) is 0 Å². The molecule has 10 heteroatoms. The van der Waals surface area contributed by atoms with E-state index >= 15 is 0 Å². The Balaban J connectivity index is 1.98. The molecular formula is C20H22F3NO6. The predicted octanol–water partition coefficient (Wildman–Crippen LogP) is 2.54. The van der Waals surface area contributed by atoms with E-state index in [1.165, 1.54) is 21.0 Å². The number of carbonyl (C=O) groups excluding carboxylic acids is 3.